The van der Waals surface area contributed by atoms with E-state index in [-0.39, 0.29) is 0 Å². The molecule has 2 heteroatoms. The third-order valence-corrected chi connectivity index (χ3v) is 1.77. The quantitative estimate of drug-likeness (QED) is 0.697. The van der Waals surface area contributed by atoms with Crippen LogP contribution in [0.3, 0.4) is 0 Å². The predicted octanol–water partition coefficient (Wildman–Crippen LogP) is 1.03. The van der Waals surface area contributed by atoms with Crippen molar-refractivity contribution in [3.8, 4) is 0 Å². The van der Waals surface area contributed by atoms with Crippen LogP contribution in [0.15, 0.2) is 42.1 Å². The van der Waals surface area contributed by atoms with Crippen LogP contribution in [0, 0.1) is 0 Å². The highest BCUT2D eigenvalue weighted by molar-refractivity contribution is 5.21. The van der Waals surface area contributed by atoms with E-state index in [9.17, 15) is 0 Å². The molecule has 0 aliphatic heterocycles. The minimum absolute atomic E-state index is 0.533. The lowest BCUT2D eigenvalue weighted by Gasteiger charge is -2.02. The van der Waals surface area contributed by atoms with E-state index in [0.717, 1.165) is 12.0 Å². The Balaban J connectivity index is 2.64. The van der Waals surface area contributed by atoms with E-state index < -0.39 is 0 Å². The number of hydrogen-bond donors (Lipinski definition) is 2. The van der Waals surface area contributed by atoms with Gasteiger partial charge in [0.15, 0.2) is 0 Å². The third kappa shape index (κ3) is 2.40. The lowest BCUT2D eigenvalue weighted by atomic mass is 10.1. The van der Waals surface area contributed by atoms with Crippen LogP contribution in [0.2, 0.25) is 0 Å². The third-order valence-electron chi connectivity index (χ3n) is 1.77. The average molecular weight is 162 g/mol. The predicted molar refractivity (Wildman–Crippen MR) is 51.5 cm³/mol. The maximum absolute atomic E-state index is 5.48. The van der Waals surface area contributed by atoms with Gasteiger partial charge in [-0.2, -0.15) is 0 Å². The molecule has 0 radical (unpaired) electrons. The summed E-state index contributed by atoms with van der Waals surface area (Å²) < 4.78 is 0. The zero-order chi connectivity index (χ0) is 8.81. The SMILES string of the molecule is NC=C(CN)Cc1ccccc1. The maximum Gasteiger partial charge on any atom is 0.0157 e. The molecule has 2 nitrogen and oxygen atoms in total. The van der Waals surface area contributed by atoms with Crippen LogP contribution in [-0.2, 0) is 6.42 Å². The zero-order valence-electron chi connectivity index (χ0n) is 7.03. The smallest absolute Gasteiger partial charge is 0.0157 e. The number of nitrogens with two attached hydrogens (primary N) is 2. The highest BCUT2D eigenvalue weighted by Crippen LogP contribution is 2.05. The molecule has 0 amide bonds. The highest BCUT2D eigenvalue weighted by atomic mass is 14.6. The lowest BCUT2D eigenvalue weighted by molar-refractivity contribution is 1.03. The monoisotopic (exact) mass is 162 g/mol. The van der Waals surface area contributed by atoms with Crippen molar-refractivity contribution >= 4 is 0 Å². The second-order valence-electron chi connectivity index (χ2n) is 2.69. The van der Waals surface area contributed by atoms with E-state index in [4.69, 9.17) is 11.5 Å². The lowest BCUT2D eigenvalue weighted by Crippen LogP contribution is -2.07. The molecule has 1 rings (SSSR count). The largest absolute Gasteiger partial charge is 0.405 e. The molecule has 64 valence electrons. The van der Waals surface area contributed by atoms with Crippen LogP contribution < -0.4 is 11.5 Å². The Bertz CT molecular complexity index is 252. The molecule has 0 aliphatic carbocycles. The minimum Gasteiger partial charge on any atom is -0.405 e. The van der Waals surface area contributed by atoms with Crippen LogP contribution in [0.1, 0.15) is 5.56 Å². The highest BCUT2D eigenvalue weighted by Gasteiger charge is 1.95. The van der Waals surface area contributed by atoms with Gasteiger partial charge in [-0.1, -0.05) is 30.3 Å². The van der Waals surface area contributed by atoms with Gasteiger partial charge in [0.05, 0.1) is 0 Å². The summed E-state index contributed by atoms with van der Waals surface area (Å²) in [5.74, 6) is 0. The van der Waals surface area contributed by atoms with Gasteiger partial charge in [-0.05, 0) is 23.8 Å². The molecule has 1 aromatic carbocycles. The van der Waals surface area contributed by atoms with Gasteiger partial charge in [0.2, 0.25) is 0 Å². The summed E-state index contributed by atoms with van der Waals surface area (Å²) in [6, 6.07) is 10.2. The maximum atomic E-state index is 5.48. The summed E-state index contributed by atoms with van der Waals surface area (Å²) in [4.78, 5) is 0. The molecule has 0 fully saturated rings. The Kier molecular flexibility index (Phi) is 3.35. The summed E-state index contributed by atoms with van der Waals surface area (Å²) in [5.41, 5.74) is 13.2. The van der Waals surface area contributed by atoms with E-state index in [0.29, 0.717) is 6.54 Å². The first-order chi connectivity index (χ1) is 5.86. The fourth-order valence-corrected chi connectivity index (χ4v) is 1.06. The van der Waals surface area contributed by atoms with Crippen LogP contribution in [0.4, 0.5) is 0 Å². The molecular weight excluding hydrogens is 148 g/mol. The van der Waals surface area contributed by atoms with E-state index >= 15 is 0 Å². The number of rotatable bonds is 3. The van der Waals surface area contributed by atoms with E-state index in [1.165, 1.54) is 5.56 Å². The molecule has 0 unspecified atom stereocenters. The van der Waals surface area contributed by atoms with Crippen LogP contribution >= 0.6 is 0 Å². The molecule has 0 aromatic heterocycles. The fourth-order valence-electron chi connectivity index (χ4n) is 1.06. The molecule has 0 bridgehead atoms. The molecule has 1 aromatic rings. The van der Waals surface area contributed by atoms with E-state index in [2.05, 4.69) is 12.1 Å². The van der Waals surface area contributed by atoms with Crippen molar-refractivity contribution in [1.82, 2.24) is 0 Å². The standard InChI is InChI=1S/C10H14N2/c11-7-10(8-12)6-9-4-2-1-3-5-9/h1-5,7H,6,8,11-12H2. The van der Waals surface area contributed by atoms with Gasteiger partial charge in [0, 0.05) is 6.54 Å². The van der Waals surface area contributed by atoms with E-state index in [1.54, 1.807) is 6.20 Å². The first-order valence-electron chi connectivity index (χ1n) is 4.00. The Labute approximate surface area is 72.9 Å². The average Bonchev–Trinajstić information content (AvgIpc) is 2.16. The van der Waals surface area contributed by atoms with Crippen molar-refractivity contribution in [3.05, 3.63) is 47.7 Å². The Morgan fingerprint density at radius 2 is 1.92 bits per heavy atom. The summed E-state index contributed by atoms with van der Waals surface area (Å²) >= 11 is 0. The Hall–Kier alpha value is -1.28. The molecule has 4 N–H and O–H groups in total. The van der Waals surface area contributed by atoms with Crippen molar-refractivity contribution in [2.45, 2.75) is 6.42 Å². The summed E-state index contributed by atoms with van der Waals surface area (Å²) in [6.07, 6.45) is 2.45. The van der Waals surface area contributed by atoms with E-state index in [1.807, 2.05) is 18.2 Å². The van der Waals surface area contributed by atoms with Crippen molar-refractivity contribution in [2.75, 3.05) is 6.54 Å². The molecule has 0 heterocycles. The molecule has 0 spiro atoms. The number of benzene rings is 1. The van der Waals surface area contributed by atoms with Gasteiger partial charge in [0.1, 0.15) is 0 Å². The van der Waals surface area contributed by atoms with Gasteiger partial charge >= 0.3 is 0 Å². The van der Waals surface area contributed by atoms with Gasteiger partial charge in [-0.15, -0.1) is 0 Å². The van der Waals surface area contributed by atoms with Crippen molar-refractivity contribution in [3.63, 3.8) is 0 Å². The number of hydrogen-bond acceptors (Lipinski definition) is 2. The van der Waals surface area contributed by atoms with Crippen LogP contribution in [0.5, 0.6) is 0 Å². The zero-order valence-corrected chi connectivity index (χ0v) is 7.03. The minimum atomic E-state index is 0.533. The molecule has 0 saturated heterocycles. The molecule has 12 heavy (non-hydrogen) atoms. The van der Waals surface area contributed by atoms with Crippen LogP contribution in [-0.4, -0.2) is 6.54 Å². The van der Waals surface area contributed by atoms with Crippen molar-refractivity contribution in [1.29, 1.82) is 0 Å². The Morgan fingerprint density at radius 3 is 2.42 bits per heavy atom. The summed E-state index contributed by atoms with van der Waals surface area (Å²) in [7, 11) is 0. The van der Waals surface area contributed by atoms with Gasteiger partial charge in [0.25, 0.3) is 0 Å². The first-order valence-corrected chi connectivity index (χ1v) is 4.00. The summed E-state index contributed by atoms with van der Waals surface area (Å²) in [6.45, 7) is 0.533. The second-order valence-corrected chi connectivity index (χ2v) is 2.69. The Morgan fingerprint density at radius 1 is 1.25 bits per heavy atom. The normalized spacial score (nSPS) is 11.6. The summed E-state index contributed by atoms with van der Waals surface area (Å²) in [5, 5.41) is 0. The van der Waals surface area contributed by atoms with Gasteiger partial charge in [-0.3, -0.25) is 0 Å². The van der Waals surface area contributed by atoms with Crippen LogP contribution in [0.25, 0.3) is 0 Å². The molecule has 0 saturated carbocycles. The van der Waals surface area contributed by atoms with Crippen molar-refractivity contribution in [2.24, 2.45) is 11.5 Å². The van der Waals surface area contributed by atoms with Crippen molar-refractivity contribution < 1.29 is 0 Å². The molecule has 0 aliphatic rings. The molecule has 0 atom stereocenters. The van der Waals surface area contributed by atoms with Gasteiger partial charge in [-0.25, -0.2) is 0 Å². The van der Waals surface area contributed by atoms with Gasteiger partial charge < -0.3 is 11.5 Å². The topological polar surface area (TPSA) is 52.0 Å². The molecular formula is C10H14N2. The second kappa shape index (κ2) is 4.57. The fraction of sp³-hybridized carbons (Fsp3) is 0.200. The first kappa shape index (κ1) is 8.81.